The normalized spacial score (nSPS) is 11.1. The Morgan fingerprint density at radius 2 is 1.72 bits per heavy atom. The minimum Gasteiger partial charge on any atom is -0.345 e. The highest BCUT2D eigenvalue weighted by molar-refractivity contribution is 8.00. The Labute approximate surface area is 204 Å². The van der Waals surface area contributed by atoms with Gasteiger partial charge >= 0.3 is 0 Å². The van der Waals surface area contributed by atoms with Gasteiger partial charge in [0.15, 0.2) is 5.82 Å². The first-order chi connectivity index (χ1) is 17.3. The lowest BCUT2D eigenvalue weighted by atomic mass is 10.00. The van der Waals surface area contributed by atoms with Gasteiger partial charge in [-0.1, -0.05) is 0 Å². The molecule has 0 aliphatic rings. The standard InChI is InChI=1S/C25H13F5N4OS/c26-13-1-2-17(27)21(8-13)36-34-20-4-3-18(28)22(23(20)30)24(35)16-10-33-25-15(16)7-12(9-32-25)14-5-6-31-11-19(14)29/h1-11,34H,(H,32,33). The first-order valence-electron chi connectivity index (χ1n) is 10.3. The van der Waals surface area contributed by atoms with E-state index in [0.717, 1.165) is 36.5 Å². The van der Waals surface area contributed by atoms with Crippen molar-refractivity contribution >= 4 is 34.5 Å². The van der Waals surface area contributed by atoms with Crippen LogP contribution in [0.5, 0.6) is 0 Å². The van der Waals surface area contributed by atoms with Gasteiger partial charge in [-0.05, 0) is 54.4 Å². The second-order valence-corrected chi connectivity index (χ2v) is 8.42. The Morgan fingerprint density at radius 3 is 2.53 bits per heavy atom. The van der Waals surface area contributed by atoms with Crippen molar-refractivity contribution in [2.45, 2.75) is 4.90 Å². The Kier molecular flexibility index (Phi) is 6.15. The molecule has 5 aromatic rings. The third kappa shape index (κ3) is 4.29. The minimum atomic E-state index is -1.22. The third-order valence-electron chi connectivity index (χ3n) is 5.34. The number of benzene rings is 2. The van der Waals surface area contributed by atoms with Gasteiger partial charge in [-0.3, -0.25) is 9.78 Å². The Bertz CT molecular complexity index is 1640. The lowest BCUT2D eigenvalue weighted by molar-refractivity contribution is 0.103. The van der Waals surface area contributed by atoms with E-state index in [4.69, 9.17) is 0 Å². The maximum Gasteiger partial charge on any atom is 0.201 e. The molecule has 36 heavy (non-hydrogen) atoms. The number of fused-ring (bicyclic) bond motifs is 1. The molecule has 0 bridgehead atoms. The number of carbonyl (C=O) groups is 1. The molecule has 0 radical (unpaired) electrons. The van der Waals surface area contributed by atoms with Crippen molar-refractivity contribution in [1.29, 1.82) is 0 Å². The van der Waals surface area contributed by atoms with Gasteiger partial charge in [0.05, 0.1) is 22.3 Å². The topological polar surface area (TPSA) is 70.7 Å². The van der Waals surface area contributed by atoms with Gasteiger partial charge in [0.1, 0.15) is 28.9 Å². The van der Waals surface area contributed by atoms with Crippen LogP contribution >= 0.6 is 11.9 Å². The summed E-state index contributed by atoms with van der Waals surface area (Å²) in [6, 6.07) is 7.57. The van der Waals surface area contributed by atoms with Crippen LogP contribution in [-0.2, 0) is 0 Å². The molecule has 180 valence electrons. The van der Waals surface area contributed by atoms with Crippen LogP contribution < -0.4 is 4.72 Å². The average Bonchev–Trinajstić information content (AvgIpc) is 3.29. The molecule has 3 heterocycles. The first-order valence-corrected chi connectivity index (χ1v) is 11.1. The number of nitrogens with one attached hydrogen (secondary N) is 2. The lowest BCUT2D eigenvalue weighted by Gasteiger charge is -2.11. The predicted octanol–water partition coefficient (Wildman–Crippen LogP) is 6.67. The minimum absolute atomic E-state index is 0.0902. The number of pyridine rings is 2. The van der Waals surface area contributed by atoms with Crippen LogP contribution in [0.25, 0.3) is 22.2 Å². The number of aromatic nitrogens is 3. The highest BCUT2D eigenvalue weighted by atomic mass is 32.2. The second-order valence-electron chi connectivity index (χ2n) is 7.57. The summed E-state index contributed by atoms with van der Waals surface area (Å²) in [5.41, 5.74) is -0.492. The molecule has 3 aromatic heterocycles. The van der Waals surface area contributed by atoms with Crippen molar-refractivity contribution in [2.24, 2.45) is 0 Å². The molecule has 0 fully saturated rings. The van der Waals surface area contributed by atoms with Crippen LogP contribution in [0, 0.1) is 29.1 Å². The number of rotatable bonds is 6. The van der Waals surface area contributed by atoms with E-state index in [-0.39, 0.29) is 32.7 Å². The fraction of sp³-hybridized carbons (Fsp3) is 0. The van der Waals surface area contributed by atoms with Gasteiger partial charge in [-0.25, -0.2) is 26.9 Å². The molecule has 0 spiro atoms. The molecule has 2 N–H and O–H groups in total. The zero-order chi connectivity index (χ0) is 25.4. The number of H-pyrrole nitrogens is 1. The molecule has 0 unspecified atom stereocenters. The molecule has 0 amide bonds. The zero-order valence-electron chi connectivity index (χ0n) is 18.0. The smallest absolute Gasteiger partial charge is 0.201 e. The summed E-state index contributed by atoms with van der Waals surface area (Å²) in [4.78, 5) is 23.7. The van der Waals surface area contributed by atoms with Crippen molar-refractivity contribution in [3.8, 4) is 11.1 Å². The maximum atomic E-state index is 15.3. The highest BCUT2D eigenvalue weighted by Gasteiger charge is 2.25. The van der Waals surface area contributed by atoms with E-state index in [1.165, 1.54) is 30.7 Å². The van der Waals surface area contributed by atoms with E-state index in [2.05, 4.69) is 19.7 Å². The summed E-state index contributed by atoms with van der Waals surface area (Å²) >= 11 is 0.560. The molecule has 0 saturated heterocycles. The van der Waals surface area contributed by atoms with E-state index < -0.39 is 40.4 Å². The van der Waals surface area contributed by atoms with Gasteiger partial charge in [-0.15, -0.1) is 0 Å². The molecule has 0 aliphatic heterocycles. The Morgan fingerprint density at radius 1 is 0.917 bits per heavy atom. The van der Waals surface area contributed by atoms with Crippen LogP contribution in [0.2, 0.25) is 0 Å². The molecule has 5 nitrogen and oxygen atoms in total. The second kappa shape index (κ2) is 9.42. The number of carbonyl (C=O) groups excluding carboxylic acids is 1. The highest BCUT2D eigenvalue weighted by Crippen LogP contribution is 2.32. The van der Waals surface area contributed by atoms with E-state index in [1.807, 2.05) is 0 Å². The van der Waals surface area contributed by atoms with Crippen LogP contribution in [0.3, 0.4) is 0 Å². The summed E-state index contributed by atoms with van der Waals surface area (Å²) in [5.74, 6) is -5.39. The van der Waals surface area contributed by atoms with Crippen LogP contribution in [0.15, 0.2) is 72.1 Å². The number of hydrogen-bond acceptors (Lipinski definition) is 5. The van der Waals surface area contributed by atoms with Crippen molar-refractivity contribution < 1.29 is 26.7 Å². The van der Waals surface area contributed by atoms with E-state index in [0.29, 0.717) is 17.5 Å². The Balaban J connectivity index is 1.51. The fourth-order valence-corrected chi connectivity index (χ4v) is 4.30. The van der Waals surface area contributed by atoms with Crippen LogP contribution in [0.1, 0.15) is 15.9 Å². The molecule has 5 rings (SSSR count). The summed E-state index contributed by atoms with van der Waals surface area (Å²) in [6.07, 6.45) is 5.06. The van der Waals surface area contributed by atoms with Crippen molar-refractivity contribution in [2.75, 3.05) is 4.72 Å². The quantitative estimate of drug-likeness (QED) is 0.151. The van der Waals surface area contributed by atoms with Gasteiger partial charge in [0.25, 0.3) is 0 Å². The van der Waals surface area contributed by atoms with Gasteiger partial charge in [0.2, 0.25) is 5.78 Å². The van der Waals surface area contributed by atoms with Gasteiger partial charge in [0, 0.05) is 40.7 Å². The molecular weight excluding hydrogens is 499 g/mol. The van der Waals surface area contributed by atoms with Gasteiger partial charge in [-0.2, -0.15) is 0 Å². The number of halogens is 5. The molecule has 11 heteroatoms. The molecule has 0 saturated carbocycles. The predicted molar refractivity (Wildman–Crippen MR) is 125 cm³/mol. The summed E-state index contributed by atoms with van der Waals surface area (Å²) in [5, 5.41) is 0.224. The monoisotopic (exact) mass is 512 g/mol. The molecular formula is C25H13F5N4OS. The van der Waals surface area contributed by atoms with E-state index >= 15 is 4.39 Å². The van der Waals surface area contributed by atoms with Crippen molar-refractivity contribution in [1.82, 2.24) is 15.0 Å². The third-order valence-corrected chi connectivity index (χ3v) is 6.20. The zero-order valence-corrected chi connectivity index (χ0v) is 18.8. The lowest BCUT2D eigenvalue weighted by Crippen LogP contribution is -2.09. The molecule has 2 aromatic carbocycles. The fourth-order valence-electron chi connectivity index (χ4n) is 3.59. The average molecular weight is 512 g/mol. The number of ketones is 1. The van der Waals surface area contributed by atoms with E-state index in [9.17, 15) is 22.4 Å². The summed E-state index contributed by atoms with van der Waals surface area (Å²) < 4.78 is 73.9. The number of anilines is 1. The number of hydrogen-bond donors (Lipinski definition) is 2. The SMILES string of the molecule is O=C(c1c(F)ccc(NSc2cc(F)ccc2F)c1F)c1c[nH]c2ncc(-c3ccncc3F)cc12. The van der Waals surface area contributed by atoms with Crippen molar-refractivity contribution in [3.63, 3.8) is 0 Å². The number of aromatic amines is 1. The molecule has 0 atom stereocenters. The first kappa shape index (κ1) is 23.5. The maximum absolute atomic E-state index is 15.3. The van der Waals surface area contributed by atoms with Crippen molar-refractivity contribution in [3.05, 3.63) is 107 Å². The Hall–Kier alpha value is -4.25. The van der Waals surface area contributed by atoms with Gasteiger partial charge < -0.3 is 9.71 Å². The number of nitrogens with zero attached hydrogens (tertiary/aromatic N) is 2. The molecule has 0 aliphatic carbocycles. The van der Waals surface area contributed by atoms with Crippen LogP contribution in [-0.4, -0.2) is 20.7 Å². The van der Waals surface area contributed by atoms with E-state index in [1.54, 1.807) is 0 Å². The summed E-state index contributed by atoms with van der Waals surface area (Å²) in [6.45, 7) is 0. The largest absolute Gasteiger partial charge is 0.345 e. The summed E-state index contributed by atoms with van der Waals surface area (Å²) in [7, 11) is 0. The van der Waals surface area contributed by atoms with Crippen LogP contribution in [0.4, 0.5) is 27.6 Å².